The molecule has 0 saturated heterocycles. The number of fused-ring (bicyclic) bond motifs is 1. The number of hydrogen-bond acceptors (Lipinski definition) is 3. The summed E-state index contributed by atoms with van der Waals surface area (Å²) < 4.78 is 5.75. The van der Waals surface area contributed by atoms with Gasteiger partial charge in [-0.25, -0.2) is 9.78 Å². The van der Waals surface area contributed by atoms with Gasteiger partial charge in [0, 0.05) is 17.5 Å². The molecule has 4 heteroatoms. The number of hydrogen-bond donors (Lipinski definition) is 1. The number of aliphatic carboxylic acids is 1. The normalized spacial score (nSPS) is 11.7. The first-order valence-electron chi connectivity index (χ1n) is 9.54. The summed E-state index contributed by atoms with van der Waals surface area (Å²) in [5.41, 5.74) is 1.93. The SMILES string of the molecule is C/C(=C\C(=O)O)CCCCCCCCCOc1ccc2ccccc2n1. The molecule has 26 heavy (non-hydrogen) atoms. The van der Waals surface area contributed by atoms with Crippen LogP contribution in [0.3, 0.4) is 0 Å². The van der Waals surface area contributed by atoms with Crippen LogP contribution in [0.2, 0.25) is 0 Å². The minimum atomic E-state index is -0.844. The van der Waals surface area contributed by atoms with E-state index in [9.17, 15) is 4.79 Å². The van der Waals surface area contributed by atoms with Crippen molar-refractivity contribution in [1.82, 2.24) is 4.98 Å². The van der Waals surface area contributed by atoms with Crippen LogP contribution in [0, 0.1) is 0 Å². The first-order valence-corrected chi connectivity index (χ1v) is 9.54. The lowest BCUT2D eigenvalue weighted by molar-refractivity contribution is -0.131. The summed E-state index contributed by atoms with van der Waals surface area (Å²) in [5, 5.41) is 9.79. The first-order chi connectivity index (χ1) is 12.6. The number of benzene rings is 1. The van der Waals surface area contributed by atoms with E-state index < -0.39 is 5.97 Å². The van der Waals surface area contributed by atoms with E-state index in [-0.39, 0.29) is 0 Å². The Morgan fingerprint density at radius 2 is 1.69 bits per heavy atom. The number of rotatable bonds is 12. The lowest BCUT2D eigenvalue weighted by atomic mass is 10.1. The fourth-order valence-corrected chi connectivity index (χ4v) is 2.98. The summed E-state index contributed by atoms with van der Waals surface area (Å²) in [5.74, 6) is -0.142. The number of carboxylic acid groups (broad SMARTS) is 1. The molecular formula is C22H29NO3. The molecule has 0 radical (unpaired) electrons. The van der Waals surface area contributed by atoms with Gasteiger partial charge in [-0.2, -0.15) is 0 Å². The number of carbonyl (C=O) groups is 1. The zero-order chi connectivity index (χ0) is 18.6. The van der Waals surface area contributed by atoms with Gasteiger partial charge in [-0.3, -0.25) is 0 Å². The van der Waals surface area contributed by atoms with E-state index in [4.69, 9.17) is 9.84 Å². The van der Waals surface area contributed by atoms with E-state index in [2.05, 4.69) is 11.1 Å². The Morgan fingerprint density at radius 3 is 2.46 bits per heavy atom. The van der Waals surface area contributed by atoms with E-state index >= 15 is 0 Å². The van der Waals surface area contributed by atoms with Crippen molar-refractivity contribution < 1.29 is 14.6 Å². The van der Waals surface area contributed by atoms with Crippen LogP contribution in [0.5, 0.6) is 5.88 Å². The molecular weight excluding hydrogens is 326 g/mol. The molecule has 0 saturated carbocycles. The zero-order valence-corrected chi connectivity index (χ0v) is 15.6. The number of nitrogens with zero attached hydrogens (tertiary/aromatic N) is 1. The predicted octanol–water partition coefficient (Wildman–Crippen LogP) is 5.77. The topological polar surface area (TPSA) is 59.4 Å². The van der Waals surface area contributed by atoms with Gasteiger partial charge in [0.05, 0.1) is 12.1 Å². The summed E-state index contributed by atoms with van der Waals surface area (Å²) >= 11 is 0. The molecule has 2 rings (SSSR count). The average molecular weight is 355 g/mol. The Bertz CT molecular complexity index is 724. The fourth-order valence-electron chi connectivity index (χ4n) is 2.98. The Hall–Kier alpha value is -2.36. The van der Waals surface area contributed by atoms with Crippen molar-refractivity contribution in [3.8, 4) is 5.88 Å². The largest absolute Gasteiger partial charge is 0.478 e. The van der Waals surface area contributed by atoms with E-state index in [1.165, 1.54) is 38.2 Å². The number of ether oxygens (including phenoxy) is 1. The summed E-state index contributed by atoms with van der Waals surface area (Å²) in [6.45, 7) is 2.60. The molecule has 1 N–H and O–H groups in total. The monoisotopic (exact) mass is 355 g/mol. The van der Waals surface area contributed by atoms with Crippen LogP contribution in [0.25, 0.3) is 10.9 Å². The highest BCUT2D eigenvalue weighted by Crippen LogP contribution is 2.17. The van der Waals surface area contributed by atoms with Gasteiger partial charge < -0.3 is 9.84 Å². The second-order valence-corrected chi connectivity index (χ2v) is 6.74. The molecule has 0 fully saturated rings. The standard InChI is InChI=1S/C22H29NO3/c1-18(17-22(24)25)11-7-5-3-2-4-6-10-16-26-21-15-14-19-12-8-9-13-20(19)23-21/h8-9,12-15,17H,2-7,10-11,16H2,1H3,(H,24,25)/b18-17+. The molecule has 0 atom stereocenters. The van der Waals surface area contributed by atoms with E-state index in [1.807, 2.05) is 37.3 Å². The summed E-state index contributed by atoms with van der Waals surface area (Å²) in [4.78, 5) is 15.0. The number of pyridine rings is 1. The number of aromatic nitrogens is 1. The van der Waals surface area contributed by atoms with Crippen LogP contribution in [0.4, 0.5) is 0 Å². The molecule has 1 aromatic carbocycles. The number of unbranched alkanes of at least 4 members (excludes halogenated alkanes) is 6. The molecule has 0 amide bonds. The van der Waals surface area contributed by atoms with Gasteiger partial charge >= 0.3 is 5.97 Å². The third kappa shape index (κ3) is 7.68. The Labute approximate surface area is 155 Å². The van der Waals surface area contributed by atoms with Gasteiger partial charge in [-0.05, 0) is 38.3 Å². The molecule has 0 unspecified atom stereocenters. The number of allylic oxidation sites excluding steroid dienone is 1. The Kier molecular flexibility index (Phi) is 8.67. The van der Waals surface area contributed by atoms with Gasteiger partial charge in [-0.1, -0.05) is 55.9 Å². The van der Waals surface area contributed by atoms with Crippen molar-refractivity contribution in [2.75, 3.05) is 6.61 Å². The van der Waals surface area contributed by atoms with Crippen molar-refractivity contribution >= 4 is 16.9 Å². The molecule has 0 bridgehead atoms. The van der Waals surface area contributed by atoms with Gasteiger partial charge in [0.15, 0.2) is 0 Å². The predicted molar refractivity (Wildman–Crippen MR) is 106 cm³/mol. The third-order valence-corrected chi connectivity index (χ3v) is 4.41. The lowest BCUT2D eigenvalue weighted by Crippen LogP contribution is -1.99. The maximum absolute atomic E-state index is 10.5. The maximum atomic E-state index is 10.5. The molecule has 1 aromatic heterocycles. The van der Waals surface area contributed by atoms with E-state index in [0.717, 1.165) is 35.7 Å². The van der Waals surface area contributed by atoms with Crippen LogP contribution in [0.15, 0.2) is 48.0 Å². The van der Waals surface area contributed by atoms with Crippen molar-refractivity contribution in [2.45, 2.75) is 58.3 Å². The maximum Gasteiger partial charge on any atom is 0.328 e. The minimum Gasteiger partial charge on any atom is -0.478 e. The van der Waals surface area contributed by atoms with Gasteiger partial charge in [0.1, 0.15) is 0 Å². The molecule has 4 nitrogen and oxygen atoms in total. The van der Waals surface area contributed by atoms with Crippen molar-refractivity contribution in [3.63, 3.8) is 0 Å². The van der Waals surface area contributed by atoms with Crippen LogP contribution in [0.1, 0.15) is 58.3 Å². The molecule has 140 valence electrons. The highest BCUT2D eigenvalue weighted by molar-refractivity contribution is 5.80. The third-order valence-electron chi connectivity index (χ3n) is 4.41. The molecule has 0 aliphatic rings. The number of carboxylic acids is 1. The zero-order valence-electron chi connectivity index (χ0n) is 15.6. The molecule has 2 aromatic rings. The molecule has 1 heterocycles. The van der Waals surface area contributed by atoms with E-state index in [0.29, 0.717) is 12.5 Å². The highest BCUT2D eigenvalue weighted by atomic mass is 16.5. The van der Waals surface area contributed by atoms with Crippen LogP contribution in [-0.4, -0.2) is 22.7 Å². The Balaban J connectivity index is 1.48. The summed E-state index contributed by atoms with van der Waals surface area (Å²) in [6, 6.07) is 12.0. The second-order valence-electron chi connectivity index (χ2n) is 6.74. The second kappa shape index (κ2) is 11.3. The molecule has 0 aliphatic carbocycles. The quantitative estimate of drug-likeness (QED) is 0.388. The van der Waals surface area contributed by atoms with Gasteiger partial charge in [-0.15, -0.1) is 0 Å². The van der Waals surface area contributed by atoms with Crippen molar-refractivity contribution in [1.29, 1.82) is 0 Å². The Morgan fingerprint density at radius 1 is 1.00 bits per heavy atom. The summed E-state index contributed by atoms with van der Waals surface area (Å²) in [7, 11) is 0. The van der Waals surface area contributed by atoms with Gasteiger partial charge in [0.25, 0.3) is 0 Å². The smallest absolute Gasteiger partial charge is 0.328 e. The molecule has 0 aliphatic heterocycles. The molecule has 0 spiro atoms. The van der Waals surface area contributed by atoms with Crippen LogP contribution < -0.4 is 4.74 Å². The lowest BCUT2D eigenvalue weighted by Gasteiger charge is -2.06. The van der Waals surface area contributed by atoms with Crippen molar-refractivity contribution in [2.24, 2.45) is 0 Å². The van der Waals surface area contributed by atoms with E-state index in [1.54, 1.807) is 0 Å². The minimum absolute atomic E-state index is 0.702. The first kappa shape index (κ1) is 20.0. The fraction of sp³-hybridized carbons (Fsp3) is 0.455. The highest BCUT2D eigenvalue weighted by Gasteiger charge is 1.99. The summed E-state index contributed by atoms with van der Waals surface area (Å²) in [6.07, 6.45) is 10.3. The van der Waals surface area contributed by atoms with Gasteiger partial charge in [0.2, 0.25) is 5.88 Å². The van der Waals surface area contributed by atoms with Crippen molar-refractivity contribution in [3.05, 3.63) is 48.0 Å². The number of para-hydroxylation sites is 1. The van der Waals surface area contributed by atoms with Crippen LogP contribution >= 0.6 is 0 Å². The average Bonchev–Trinajstić information content (AvgIpc) is 2.62. The van der Waals surface area contributed by atoms with Crippen LogP contribution in [-0.2, 0) is 4.79 Å².